The number of rotatable bonds is 3. The fourth-order valence-electron chi connectivity index (χ4n) is 5.05. The molecule has 2 aliphatic heterocycles. The van der Waals surface area contributed by atoms with Crippen LogP contribution in [0.1, 0.15) is 22.1 Å². The quantitative estimate of drug-likeness (QED) is 0.648. The van der Waals surface area contributed by atoms with Crippen molar-refractivity contribution >= 4 is 18.3 Å². The number of phenols is 1. The molecule has 31 heavy (non-hydrogen) atoms. The van der Waals surface area contributed by atoms with Crippen LogP contribution in [0.3, 0.4) is 0 Å². The number of carbonyl (C=O) groups excluding carboxylic acids is 1. The summed E-state index contributed by atoms with van der Waals surface area (Å²) < 4.78 is 13.8. The molecule has 3 heterocycles. The Morgan fingerprint density at radius 2 is 1.94 bits per heavy atom. The van der Waals surface area contributed by atoms with Crippen molar-refractivity contribution in [1.82, 2.24) is 20.0 Å². The first-order valence-electron chi connectivity index (χ1n) is 10.1. The van der Waals surface area contributed by atoms with Crippen LogP contribution in [0.2, 0.25) is 0 Å². The lowest BCUT2D eigenvalue weighted by atomic mass is 9.89. The number of amides is 1. The summed E-state index contributed by atoms with van der Waals surface area (Å²) in [5, 5.41) is 17.1. The molecule has 2 N–H and O–H groups in total. The molecule has 2 saturated heterocycles. The third-order valence-corrected chi connectivity index (χ3v) is 6.36. The number of nitrogens with zero attached hydrogens (tertiary/aromatic N) is 3. The number of carbonyl (C=O) groups is 1. The number of hydrogen-bond acceptors (Lipinski definition) is 4. The summed E-state index contributed by atoms with van der Waals surface area (Å²) in [6.07, 6.45) is 0. The number of aromatic amines is 1. The SMILES string of the molecule is CN1C[C@H]2CN(C(=O)c3cc(-c4ccccc4O)n[nH]3)C[C@H]2[C@@H]1c1cccc(F)c1.Cl. The molecule has 3 atom stereocenters. The summed E-state index contributed by atoms with van der Waals surface area (Å²) >= 11 is 0. The van der Waals surface area contributed by atoms with E-state index in [0.717, 1.165) is 12.1 Å². The van der Waals surface area contributed by atoms with Gasteiger partial charge in [-0.2, -0.15) is 5.10 Å². The summed E-state index contributed by atoms with van der Waals surface area (Å²) in [6.45, 7) is 2.17. The highest BCUT2D eigenvalue weighted by atomic mass is 35.5. The Hall–Kier alpha value is -2.90. The van der Waals surface area contributed by atoms with Gasteiger partial charge in [-0.25, -0.2) is 4.39 Å². The van der Waals surface area contributed by atoms with Gasteiger partial charge in [-0.1, -0.05) is 24.3 Å². The number of phenolic OH excluding ortho intramolecular Hbond substituents is 1. The normalized spacial score (nSPS) is 22.9. The van der Waals surface area contributed by atoms with Gasteiger partial charge < -0.3 is 10.0 Å². The molecule has 0 saturated carbocycles. The number of fused-ring (bicyclic) bond motifs is 1. The Morgan fingerprint density at radius 3 is 2.71 bits per heavy atom. The highest BCUT2D eigenvalue weighted by molar-refractivity contribution is 5.93. The van der Waals surface area contributed by atoms with Crippen molar-refractivity contribution in [3.63, 3.8) is 0 Å². The molecule has 1 amide bonds. The maximum Gasteiger partial charge on any atom is 0.271 e. The fourth-order valence-corrected chi connectivity index (χ4v) is 5.05. The van der Waals surface area contributed by atoms with Crippen LogP contribution in [0.5, 0.6) is 5.75 Å². The van der Waals surface area contributed by atoms with Crippen LogP contribution in [-0.2, 0) is 0 Å². The first-order chi connectivity index (χ1) is 14.5. The van der Waals surface area contributed by atoms with E-state index in [9.17, 15) is 14.3 Å². The molecule has 0 radical (unpaired) electrons. The smallest absolute Gasteiger partial charge is 0.271 e. The average Bonchev–Trinajstić information content (AvgIpc) is 3.42. The second-order valence-electron chi connectivity index (χ2n) is 8.26. The number of likely N-dealkylation sites (tertiary alicyclic amines) is 2. The molecular formula is C23H24ClFN4O2. The molecule has 0 unspecified atom stereocenters. The van der Waals surface area contributed by atoms with Gasteiger partial charge in [0.2, 0.25) is 0 Å². The first-order valence-corrected chi connectivity index (χ1v) is 10.1. The van der Waals surface area contributed by atoms with Gasteiger partial charge in [-0.05, 0) is 48.9 Å². The van der Waals surface area contributed by atoms with E-state index in [4.69, 9.17) is 0 Å². The highest BCUT2D eigenvalue weighted by Crippen LogP contribution is 2.44. The van der Waals surface area contributed by atoms with Crippen molar-refractivity contribution in [1.29, 1.82) is 0 Å². The minimum absolute atomic E-state index is 0. The van der Waals surface area contributed by atoms with E-state index in [2.05, 4.69) is 22.1 Å². The zero-order valence-electron chi connectivity index (χ0n) is 17.0. The molecule has 2 aromatic carbocycles. The minimum Gasteiger partial charge on any atom is -0.507 e. The topological polar surface area (TPSA) is 72.5 Å². The van der Waals surface area contributed by atoms with Crippen LogP contribution < -0.4 is 0 Å². The lowest BCUT2D eigenvalue weighted by Gasteiger charge is -2.26. The van der Waals surface area contributed by atoms with Gasteiger partial charge in [-0.3, -0.25) is 14.8 Å². The van der Waals surface area contributed by atoms with Gasteiger partial charge in [0, 0.05) is 37.2 Å². The summed E-state index contributed by atoms with van der Waals surface area (Å²) in [5.41, 5.74) is 2.48. The zero-order chi connectivity index (χ0) is 20.8. The van der Waals surface area contributed by atoms with Crippen molar-refractivity contribution in [2.24, 2.45) is 11.8 Å². The lowest BCUT2D eigenvalue weighted by molar-refractivity contribution is 0.0762. The van der Waals surface area contributed by atoms with Crippen LogP contribution in [0, 0.1) is 17.7 Å². The number of halogens is 2. The molecule has 0 aliphatic carbocycles. The minimum atomic E-state index is -0.232. The van der Waals surface area contributed by atoms with Gasteiger partial charge in [0.25, 0.3) is 5.91 Å². The van der Waals surface area contributed by atoms with E-state index in [0.29, 0.717) is 36.0 Å². The first kappa shape index (κ1) is 21.3. The highest BCUT2D eigenvalue weighted by Gasteiger charge is 2.47. The van der Waals surface area contributed by atoms with Crippen LogP contribution in [0.15, 0.2) is 54.6 Å². The third kappa shape index (κ3) is 3.79. The Morgan fingerprint density at radius 1 is 1.13 bits per heavy atom. The molecule has 0 bridgehead atoms. The van der Waals surface area contributed by atoms with E-state index in [1.807, 2.05) is 17.0 Å². The van der Waals surface area contributed by atoms with Gasteiger partial charge in [0.05, 0.1) is 5.69 Å². The number of benzene rings is 2. The Labute approximate surface area is 186 Å². The van der Waals surface area contributed by atoms with Crippen LogP contribution in [0.25, 0.3) is 11.3 Å². The lowest BCUT2D eigenvalue weighted by Crippen LogP contribution is -2.33. The molecule has 1 aromatic heterocycles. The second-order valence-corrected chi connectivity index (χ2v) is 8.26. The molecule has 5 rings (SSSR count). The monoisotopic (exact) mass is 442 g/mol. The summed E-state index contributed by atoms with van der Waals surface area (Å²) in [7, 11) is 2.06. The summed E-state index contributed by atoms with van der Waals surface area (Å²) in [4.78, 5) is 17.2. The number of aromatic nitrogens is 2. The van der Waals surface area contributed by atoms with Crippen LogP contribution in [-0.4, -0.2) is 57.7 Å². The van der Waals surface area contributed by atoms with Crippen molar-refractivity contribution in [2.75, 3.05) is 26.7 Å². The van der Waals surface area contributed by atoms with E-state index in [-0.39, 0.29) is 41.8 Å². The fraction of sp³-hybridized carbons (Fsp3) is 0.304. The van der Waals surface area contributed by atoms with Gasteiger partial charge >= 0.3 is 0 Å². The molecule has 6 nitrogen and oxygen atoms in total. The van der Waals surface area contributed by atoms with Crippen LogP contribution in [0.4, 0.5) is 4.39 Å². The molecule has 0 spiro atoms. The van der Waals surface area contributed by atoms with Crippen molar-refractivity contribution in [3.05, 3.63) is 71.7 Å². The van der Waals surface area contributed by atoms with Crippen molar-refractivity contribution < 1.29 is 14.3 Å². The summed E-state index contributed by atoms with van der Waals surface area (Å²) in [6, 6.07) is 15.5. The van der Waals surface area contributed by atoms with E-state index >= 15 is 0 Å². The maximum atomic E-state index is 13.8. The van der Waals surface area contributed by atoms with Crippen molar-refractivity contribution in [2.45, 2.75) is 6.04 Å². The molecule has 8 heteroatoms. The molecular weight excluding hydrogens is 419 g/mol. The molecule has 2 aliphatic rings. The zero-order valence-corrected chi connectivity index (χ0v) is 17.8. The number of hydrogen-bond donors (Lipinski definition) is 2. The largest absolute Gasteiger partial charge is 0.507 e. The van der Waals surface area contributed by atoms with Gasteiger partial charge in [0.15, 0.2) is 0 Å². The number of aromatic hydroxyl groups is 1. The average molecular weight is 443 g/mol. The van der Waals surface area contributed by atoms with E-state index in [1.165, 1.54) is 6.07 Å². The molecule has 2 fully saturated rings. The third-order valence-electron chi connectivity index (χ3n) is 6.36. The summed E-state index contributed by atoms with van der Waals surface area (Å²) in [5.74, 6) is 0.414. The predicted molar refractivity (Wildman–Crippen MR) is 118 cm³/mol. The van der Waals surface area contributed by atoms with E-state index < -0.39 is 0 Å². The van der Waals surface area contributed by atoms with Gasteiger partial charge in [0.1, 0.15) is 17.3 Å². The van der Waals surface area contributed by atoms with E-state index in [1.54, 1.807) is 36.4 Å². The number of H-pyrrole nitrogens is 1. The molecule has 162 valence electrons. The predicted octanol–water partition coefficient (Wildman–Crippen LogP) is 3.72. The number of para-hydroxylation sites is 1. The second kappa shape index (κ2) is 8.32. The Bertz CT molecular complexity index is 1100. The molecule has 3 aromatic rings. The standard InChI is InChI=1S/C23H23FN4O2.ClH/c1-27-11-15-12-28(13-18(15)22(27)14-5-4-6-16(24)9-14)23(30)20-10-19(25-26-20)17-7-2-3-8-21(17)29;/h2-10,15,18,22,29H,11-13H2,1H3,(H,25,26);1H/t15-,18+,22-;/m0./s1. The Balaban J connectivity index is 0.00000231. The van der Waals surface area contributed by atoms with Crippen molar-refractivity contribution in [3.8, 4) is 17.0 Å². The van der Waals surface area contributed by atoms with Crippen LogP contribution >= 0.6 is 12.4 Å². The van der Waals surface area contributed by atoms with Gasteiger partial charge in [-0.15, -0.1) is 12.4 Å². The maximum absolute atomic E-state index is 13.8. The number of nitrogens with one attached hydrogen (secondary N) is 1. The Kier molecular flexibility index (Phi) is 5.73.